The molecule has 4 rings (SSSR count). The molecule has 0 N–H and O–H groups in total. The van der Waals surface area contributed by atoms with Gasteiger partial charge in [-0.05, 0) is 35.9 Å². The van der Waals surface area contributed by atoms with E-state index in [1.807, 2.05) is 18.2 Å². The molecule has 2 aliphatic heterocycles. The first-order chi connectivity index (χ1) is 12.9. The highest BCUT2D eigenvalue weighted by atomic mass is 32.2. The molecule has 1 saturated heterocycles. The van der Waals surface area contributed by atoms with Crippen molar-refractivity contribution in [1.29, 1.82) is 0 Å². The van der Waals surface area contributed by atoms with Crippen LogP contribution in [0.25, 0.3) is 0 Å². The Labute approximate surface area is 156 Å². The highest BCUT2D eigenvalue weighted by molar-refractivity contribution is 7.89. The Bertz CT molecular complexity index is 960. The largest absolute Gasteiger partial charge is 0.454 e. The van der Waals surface area contributed by atoms with Gasteiger partial charge in [0, 0.05) is 32.7 Å². The van der Waals surface area contributed by atoms with Crippen molar-refractivity contribution in [2.75, 3.05) is 33.0 Å². The van der Waals surface area contributed by atoms with Crippen molar-refractivity contribution in [2.24, 2.45) is 0 Å². The van der Waals surface area contributed by atoms with Crippen molar-refractivity contribution < 1.29 is 26.7 Å². The van der Waals surface area contributed by atoms with Gasteiger partial charge in [-0.25, -0.2) is 17.2 Å². The first kappa shape index (κ1) is 18.1. The van der Waals surface area contributed by atoms with Crippen LogP contribution >= 0.6 is 0 Å². The standard InChI is InChI=1S/C18H18F2N2O4S/c19-14-2-3-15(20)18(10-14)27(23,24)22-7-5-21(6-8-22)11-13-1-4-16-17(9-13)26-12-25-16/h1-4,9-10H,5-8,11-12H2. The second-order valence-corrected chi connectivity index (χ2v) is 8.35. The van der Waals surface area contributed by atoms with Gasteiger partial charge < -0.3 is 9.47 Å². The zero-order chi connectivity index (χ0) is 19.0. The number of fused-ring (bicyclic) bond motifs is 1. The predicted molar refractivity (Wildman–Crippen MR) is 93.0 cm³/mol. The van der Waals surface area contributed by atoms with Crippen LogP contribution in [0, 0.1) is 11.6 Å². The minimum absolute atomic E-state index is 0.211. The van der Waals surface area contributed by atoms with Crippen molar-refractivity contribution >= 4 is 10.0 Å². The fourth-order valence-electron chi connectivity index (χ4n) is 3.24. The van der Waals surface area contributed by atoms with E-state index in [9.17, 15) is 17.2 Å². The molecule has 0 bridgehead atoms. The number of rotatable bonds is 4. The summed E-state index contributed by atoms with van der Waals surface area (Å²) in [4.78, 5) is 1.48. The van der Waals surface area contributed by atoms with Crippen LogP contribution in [0.5, 0.6) is 11.5 Å². The fraction of sp³-hybridized carbons (Fsp3) is 0.333. The average Bonchev–Trinajstić information content (AvgIpc) is 3.12. The molecule has 0 saturated carbocycles. The third kappa shape index (κ3) is 3.62. The van der Waals surface area contributed by atoms with E-state index in [0.29, 0.717) is 31.1 Å². The van der Waals surface area contributed by atoms with Crippen LogP contribution in [0.1, 0.15) is 5.56 Å². The lowest BCUT2D eigenvalue weighted by Gasteiger charge is -2.34. The predicted octanol–water partition coefficient (Wildman–Crippen LogP) is 2.20. The van der Waals surface area contributed by atoms with Gasteiger partial charge in [-0.1, -0.05) is 6.07 Å². The van der Waals surface area contributed by atoms with Crippen molar-refractivity contribution in [1.82, 2.24) is 9.21 Å². The van der Waals surface area contributed by atoms with Gasteiger partial charge >= 0.3 is 0 Å². The summed E-state index contributed by atoms with van der Waals surface area (Å²) in [6.07, 6.45) is 0. The lowest BCUT2D eigenvalue weighted by atomic mass is 10.2. The minimum Gasteiger partial charge on any atom is -0.454 e. The summed E-state index contributed by atoms with van der Waals surface area (Å²) in [5.41, 5.74) is 1.03. The maximum absolute atomic E-state index is 13.9. The molecule has 0 aromatic heterocycles. The lowest BCUT2D eigenvalue weighted by molar-refractivity contribution is 0.173. The number of ether oxygens (including phenoxy) is 2. The summed E-state index contributed by atoms with van der Waals surface area (Å²) in [5, 5.41) is 0. The van der Waals surface area contributed by atoms with Gasteiger partial charge in [-0.2, -0.15) is 4.31 Å². The Balaban J connectivity index is 1.42. The first-order valence-corrected chi connectivity index (χ1v) is 9.93. The number of hydrogen-bond donors (Lipinski definition) is 0. The summed E-state index contributed by atoms with van der Waals surface area (Å²) < 4.78 is 64.4. The van der Waals surface area contributed by atoms with Crippen molar-refractivity contribution in [2.45, 2.75) is 11.4 Å². The Hall–Kier alpha value is -2.23. The number of hydrogen-bond acceptors (Lipinski definition) is 5. The van der Waals surface area contributed by atoms with Gasteiger partial charge in [0.1, 0.15) is 16.5 Å². The molecule has 0 unspecified atom stereocenters. The molecule has 9 heteroatoms. The Morgan fingerprint density at radius 3 is 2.44 bits per heavy atom. The summed E-state index contributed by atoms with van der Waals surface area (Å²) in [7, 11) is -4.06. The maximum Gasteiger partial charge on any atom is 0.246 e. The molecule has 27 heavy (non-hydrogen) atoms. The van der Waals surface area contributed by atoms with E-state index in [2.05, 4.69) is 4.90 Å². The molecule has 2 aromatic carbocycles. The van der Waals surface area contributed by atoms with Gasteiger partial charge in [0.25, 0.3) is 0 Å². The molecule has 2 heterocycles. The molecule has 1 fully saturated rings. The average molecular weight is 396 g/mol. The third-order valence-electron chi connectivity index (χ3n) is 4.69. The Morgan fingerprint density at radius 2 is 1.67 bits per heavy atom. The Morgan fingerprint density at radius 1 is 0.926 bits per heavy atom. The molecule has 0 spiro atoms. The monoisotopic (exact) mass is 396 g/mol. The lowest BCUT2D eigenvalue weighted by Crippen LogP contribution is -2.48. The minimum atomic E-state index is -4.06. The van der Waals surface area contributed by atoms with E-state index in [0.717, 1.165) is 23.8 Å². The molecule has 2 aromatic rings. The molecule has 144 valence electrons. The molecule has 2 aliphatic rings. The van der Waals surface area contributed by atoms with E-state index >= 15 is 0 Å². The van der Waals surface area contributed by atoms with Gasteiger partial charge in [0.15, 0.2) is 11.5 Å². The SMILES string of the molecule is O=S(=O)(c1cc(F)ccc1F)N1CCN(Cc2ccc3c(c2)OCO3)CC1. The van der Waals surface area contributed by atoms with Crippen LogP contribution in [0.4, 0.5) is 8.78 Å². The summed E-state index contributed by atoms with van der Waals surface area (Å²) in [6.45, 7) is 2.26. The molecular formula is C18H18F2N2O4S. The first-order valence-electron chi connectivity index (χ1n) is 8.49. The van der Waals surface area contributed by atoms with Crippen LogP contribution < -0.4 is 9.47 Å². The molecular weight excluding hydrogens is 378 g/mol. The van der Waals surface area contributed by atoms with Crippen molar-refractivity contribution in [3.63, 3.8) is 0 Å². The van der Waals surface area contributed by atoms with E-state index < -0.39 is 26.6 Å². The van der Waals surface area contributed by atoms with Crippen LogP contribution in [-0.2, 0) is 16.6 Å². The smallest absolute Gasteiger partial charge is 0.246 e. The number of halogens is 2. The third-order valence-corrected chi connectivity index (χ3v) is 6.60. The van der Waals surface area contributed by atoms with E-state index in [1.165, 1.54) is 4.31 Å². The van der Waals surface area contributed by atoms with E-state index in [4.69, 9.17) is 9.47 Å². The number of benzene rings is 2. The quantitative estimate of drug-likeness (QED) is 0.793. The molecule has 0 aliphatic carbocycles. The highest BCUT2D eigenvalue weighted by Crippen LogP contribution is 2.33. The number of nitrogens with zero attached hydrogens (tertiary/aromatic N) is 2. The normalized spacial score (nSPS) is 18.0. The second-order valence-electron chi connectivity index (χ2n) is 6.44. The molecule has 6 nitrogen and oxygen atoms in total. The summed E-state index contributed by atoms with van der Waals surface area (Å²) >= 11 is 0. The molecule has 0 atom stereocenters. The van der Waals surface area contributed by atoms with Crippen LogP contribution in [0.3, 0.4) is 0 Å². The van der Waals surface area contributed by atoms with Crippen molar-refractivity contribution in [3.05, 3.63) is 53.6 Å². The Kier molecular flexibility index (Phi) is 4.75. The van der Waals surface area contributed by atoms with Crippen LogP contribution in [-0.4, -0.2) is 50.6 Å². The molecule has 0 radical (unpaired) electrons. The zero-order valence-corrected chi connectivity index (χ0v) is 15.2. The molecule has 0 amide bonds. The van der Waals surface area contributed by atoms with Crippen LogP contribution in [0.15, 0.2) is 41.3 Å². The topological polar surface area (TPSA) is 59.1 Å². The number of piperazine rings is 1. The van der Waals surface area contributed by atoms with Gasteiger partial charge in [-0.3, -0.25) is 4.90 Å². The number of sulfonamides is 1. The second kappa shape index (κ2) is 7.06. The maximum atomic E-state index is 13.9. The van der Waals surface area contributed by atoms with Gasteiger partial charge in [-0.15, -0.1) is 0 Å². The summed E-state index contributed by atoms with van der Waals surface area (Å²) in [5.74, 6) is -0.308. The van der Waals surface area contributed by atoms with Crippen molar-refractivity contribution in [3.8, 4) is 11.5 Å². The van der Waals surface area contributed by atoms with E-state index in [1.54, 1.807) is 0 Å². The van der Waals surface area contributed by atoms with Crippen LogP contribution in [0.2, 0.25) is 0 Å². The van der Waals surface area contributed by atoms with E-state index in [-0.39, 0.29) is 19.9 Å². The summed E-state index contributed by atoms with van der Waals surface area (Å²) in [6, 6.07) is 8.16. The highest BCUT2D eigenvalue weighted by Gasteiger charge is 2.31. The fourth-order valence-corrected chi connectivity index (χ4v) is 4.74. The zero-order valence-electron chi connectivity index (χ0n) is 14.4. The van der Waals surface area contributed by atoms with Gasteiger partial charge in [0.05, 0.1) is 0 Å². The van der Waals surface area contributed by atoms with Gasteiger partial charge in [0.2, 0.25) is 16.8 Å².